The Morgan fingerprint density at radius 2 is 1.62 bits per heavy atom. The average Bonchev–Trinajstić information content (AvgIpc) is 2.85. The minimum absolute atomic E-state index is 0.00983. The van der Waals surface area contributed by atoms with Crippen LogP contribution in [0.4, 0.5) is 4.39 Å². The lowest BCUT2D eigenvalue weighted by atomic mass is 9.87. The van der Waals surface area contributed by atoms with Gasteiger partial charge in [-0.3, -0.25) is 14.6 Å². The van der Waals surface area contributed by atoms with E-state index >= 15 is 0 Å². The van der Waals surface area contributed by atoms with E-state index in [9.17, 15) is 19.1 Å². The quantitative estimate of drug-likeness (QED) is 0.161. The summed E-state index contributed by atoms with van der Waals surface area (Å²) < 4.78 is 25.3. The van der Waals surface area contributed by atoms with Crippen molar-refractivity contribution in [2.75, 3.05) is 7.11 Å². The highest BCUT2D eigenvalue weighted by molar-refractivity contribution is 6.74. The lowest BCUT2D eigenvalue weighted by molar-refractivity contribution is -0.143. The molecule has 0 aliphatic rings. The van der Waals surface area contributed by atoms with Crippen molar-refractivity contribution < 1.29 is 28.2 Å². The largest absolute Gasteiger partial charge is 0.469 e. The van der Waals surface area contributed by atoms with Gasteiger partial charge in [0.15, 0.2) is 8.32 Å². The van der Waals surface area contributed by atoms with Crippen LogP contribution in [0.15, 0.2) is 30.3 Å². The molecule has 0 aliphatic carbocycles. The van der Waals surface area contributed by atoms with Crippen LogP contribution in [-0.4, -0.2) is 43.4 Å². The zero-order valence-corrected chi connectivity index (χ0v) is 26.7. The second kappa shape index (κ2) is 13.8. The second-order valence-electron chi connectivity index (χ2n) is 12.4. The molecule has 1 N–H and O–H groups in total. The molecule has 1 aromatic carbocycles. The molecule has 1 atom stereocenters. The number of ketones is 1. The first-order valence-electron chi connectivity index (χ1n) is 13.9. The number of hydrogen-bond acceptors (Lipinski definition) is 6. The molecular formula is C32H46FNO5Si. The van der Waals surface area contributed by atoms with Crippen molar-refractivity contribution in [3.63, 3.8) is 0 Å². The van der Waals surface area contributed by atoms with Gasteiger partial charge in [0.25, 0.3) is 0 Å². The van der Waals surface area contributed by atoms with Crippen LogP contribution in [0.3, 0.4) is 0 Å². The number of carbonyl (C=O) groups is 2. The van der Waals surface area contributed by atoms with Gasteiger partial charge >= 0.3 is 5.97 Å². The Labute approximate surface area is 240 Å². The third kappa shape index (κ3) is 8.66. The Morgan fingerprint density at radius 1 is 1.05 bits per heavy atom. The van der Waals surface area contributed by atoms with Gasteiger partial charge in [0.05, 0.1) is 25.5 Å². The van der Waals surface area contributed by atoms with Crippen LogP contribution in [-0.2, 0) is 25.4 Å². The standard InChI is InChI=1S/C32H46FNO5Si/c1-20(2)30-26(16-15-24(35)17-25(36)18-28(37)38-8)29(22-11-13-23(33)14-12-22)27(31(34-30)21(3)4)19-39-40(9,10)32(5,6)7/h11-16,20-21,24,35H,17-19H2,1-10H3/b16-15+/t24-/m1/s1. The Morgan fingerprint density at radius 3 is 2.12 bits per heavy atom. The summed E-state index contributed by atoms with van der Waals surface area (Å²) in [6.45, 7) is 19.7. The van der Waals surface area contributed by atoms with Gasteiger partial charge in [-0.15, -0.1) is 0 Å². The van der Waals surface area contributed by atoms with Crippen LogP contribution in [0.2, 0.25) is 18.1 Å². The number of pyridine rings is 1. The molecule has 0 bridgehead atoms. The summed E-state index contributed by atoms with van der Waals surface area (Å²) in [4.78, 5) is 28.8. The Balaban J connectivity index is 2.75. The maximum atomic E-state index is 14.0. The maximum absolute atomic E-state index is 14.0. The molecule has 2 rings (SSSR count). The van der Waals surface area contributed by atoms with E-state index < -0.39 is 26.2 Å². The van der Waals surface area contributed by atoms with Crippen LogP contribution in [0, 0.1) is 5.82 Å². The molecule has 2 aromatic rings. The molecule has 40 heavy (non-hydrogen) atoms. The molecule has 0 fully saturated rings. The first-order valence-corrected chi connectivity index (χ1v) is 16.8. The lowest BCUT2D eigenvalue weighted by Gasteiger charge is -2.37. The third-order valence-electron chi connectivity index (χ3n) is 7.50. The van der Waals surface area contributed by atoms with Gasteiger partial charge in [-0.1, -0.05) is 72.8 Å². The number of rotatable bonds is 12. The highest BCUT2D eigenvalue weighted by Gasteiger charge is 2.37. The summed E-state index contributed by atoms with van der Waals surface area (Å²) in [6.07, 6.45) is 1.64. The zero-order valence-electron chi connectivity index (χ0n) is 25.7. The predicted molar refractivity (Wildman–Crippen MR) is 161 cm³/mol. The molecule has 0 unspecified atom stereocenters. The van der Waals surface area contributed by atoms with E-state index in [0.717, 1.165) is 33.6 Å². The number of aromatic nitrogens is 1. The molecule has 1 heterocycles. The van der Waals surface area contributed by atoms with Crippen molar-refractivity contribution in [1.29, 1.82) is 0 Å². The fourth-order valence-corrected chi connectivity index (χ4v) is 5.08. The molecule has 0 amide bonds. The number of Topliss-reactive ketones (excluding diaryl/α,β-unsaturated/α-hetero) is 1. The second-order valence-corrected chi connectivity index (χ2v) is 17.2. The van der Waals surface area contributed by atoms with Crippen molar-refractivity contribution in [3.8, 4) is 11.1 Å². The third-order valence-corrected chi connectivity index (χ3v) is 12.0. The lowest BCUT2D eigenvalue weighted by Crippen LogP contribution is -2.40. The molecule has 0 aliphatic heterocycles. The average molecular weight is 572 g/mol. The summed E-state index contributed by atoms with van der Waals surface area (Å²) in [5.41, 5.74) is 5.19. The monoisotopic (exact) mass is 571 g/mol. The topological polar surface area (TPSA) is 85.7 Å². The fourth-order valence-electron chi connectivity index (χ4n) is 4.14. The number of esters is 1. The normalized spacial score (nSPS) is 13.3. The van der Waals surface area contributed by atoms with Crippen molar-refractivity contribution in [2.24, 2.45) is 0 Å². The Hall–Kier alpha value is -2.68. The molecule has 0 spiro atoms. The first kappa shape index (κ1) is 33.5. The van der Waals surface area contributed by atoms with Gasteiger partial charge in [0, 0.05) is 23.2 Å². The van der Waals surface area contributed by atoms with Gasteiger partial charge in [-0.05, 0) is 53.2 Å². The van der Waals surface area contributed by atoms with E-state index in [1.54, 1.807) is 24.3 Å². The van der Waals surface area contributed by atoms with Crippen LogP contribution in [0.1, 0.15) is 95.7 Å². The molecule has 8 heteroatoms. The first-order chi connectivity index (χ1) is 18.5. The number of aliphatic hydroxyl groups excluding tert-OH is 1. The van der Waals surface area contributed by atoms with E-state index in [-0.39, 0.29) is 35.5 Å². The van der Waals surface area contributed by atoms with E-state index in [1.807, 2.05) is 0 Å². The number of carbonyl (C=O) groups excluding carboxylic acids is 2. The molecule has 1 aromatic heterocycles. The highest BCUT2D eigenvalue weighted by Crippen LogP contribution is 2.41. The van der Waals surface area contributed by atoms with Crippen LogP contribution >= 0.6 is 0 Å². The van der Waals surface area contributed by atoms with E-state index in [1.165, 1.54) is 19.2 Å². The molecule has 0 saturated carbocycles. The molecule has 0 radical (unpaired) electrons. The summed E-state index contributed by atoms with van der Waals surface area (Å²) in [5, 5.41) is 10.7. The smallest absolute Gasteiger partial charge is 0.313 e. The van der Waals surface area contributed by atoms with Gasteiger partial charge in [0.2, 0.25) is 0 Å². The van der Waals surface area contributed by atoms with Gasteiger partial charge in [-0.25, -0.2) is 4.39 Å². The SMILES string of the molecule is COC(=O)CC(=O)C[C@H](O)/C=C/c1c(C(C)C)nc(C(C)C)c(CO[Si](C)(C)C(C)(C)C)c1-c1ccc(F)cc1. The minimum Gasteiger partial charge on any atom is -0.469 e. The van der Waals surface area contributed by atoms with Crippen molar-refractivity contribution >= 4 is 26.1 Å². The summed E-state index contributed by atoms with van der Waals surface area (Å²) in [7, 11) is -0.905. The number of ether oxygens (including phenoxy) is 1. The van der Waals surface area contributed by atoms with Crippen molar-refractivity contribution in [1.82, 2.24) is 4.98 Å². The van der Waals surface area contributed by atoms with Crippen LogP contribution in [0.5, 0.6) is 0 Å². The molecule has 0 saturated heterocycles. The molecule has 220 valence electrons. The highest BCUT2D eigenvalue weighted by atomic mass is 28.4. The van der Waals surface area contributed by atoms with Gasteiger partial charge in [0.1, 0.15) is 18.0 Å². The van der Waals surface area contributed by atoms with Gasteiger partial charge in [-0.2, -0.15) is 0 Å². The van der Waals surface area contributed by atoms with E-state index in [0.29, 0.717) is 6.61 Å². The summed E-state index contributed by atoms with van der Waals surface area (Å²) >= 11 is 0. The Kier molecular flexibility index (Phi) is 11.6. The number of aliphatic hydroxyl groups is 1. The fraction of sp³-hybridized carbons (Fsp3) is 0.531. The van der Waals surface area contributed by atoms with Crippen molar-refractivity contribution in [2.45, 2.75) is 104 Å². The summed E-state index contributed by atoms with van der Waals surface area (Å²) in [6, 6.07) is 6.38. The molecule has 6 nitrogen and oxygen atoms in total. The number of benzene rings is 1. The number of methoxy groups -OCH3 is 1. The van der Waals surface area contributed by atoms with Crippen LogP contribution < -0.4 is 0 Å². The number of hydrogen-bond donors (Lipinski definition) is 1. The number of halogens is 1. The zero-order chi connectivity index (χ0) is 30.4. The van der Waals surface area contributed by atoms with Gasteiger partial charge < -0.3 is 14.3 Å². The molecular weight excluding hydrogens is 525 g/mol. The summed E-state index contributed by atoms with van der Waals surface area (Å²) in [5.74, 6) is -1.23. The van der Waals surface area contributed by atoms with Crippen LogP contribution in [0.25, 0.3) is 17.2 Å². The maximum Gasteiger partial charge on any atom is 0.313 e. The van der Waals surface area contributed by atoms with E-state index in [2.05, 4.69) is 66.3 Å². The van der Waals surface area contributed by atoms with Crippen molar-refractivity contribution in [3.05, 3.63) is 58.7 Å². The predicted octanol–water partition coefficient (Wildman–Crippen LogP) is 7.55. The Bertz CT molecular complexity index is 1210. The van der Waals surface area contributed by atoms with E-state index in [4.69, 9.17) is 9.41 Å². The number of nitrogens with zero attached hydrogens (tertiary/aromatic N) is 1. The minimum atomic E-state index is -2.12.